The number of ether oxygens (including phenoxy) is 1. The van der Waals surface area contributed by atoms with Crippen LogP contribution in [0.3, 0.4) is 0 Å². The van der Waals surface area contributed by atoms with Crippen LogP contribution in [0.25, 0.3) is 0 Å². The minimum absolute atomic E-state index is 0.259. The van der Waals surface area contributed by atoms with Gasteiger partial charge in [0.2, 0.25) is 0 Å². The van der Waals surface area contributed by atoms with E-state index in [0.29, 0.717) is 19.0 Å². The van der Waals surface area contributed by atoms with Crippen LogP contribution in [-0.2, 0) is 0 Å². The zero-order chi connectivity index (χ0) is 15.1. The Morgan fingerprint density at radius 2 is 1.86 bits per heavy atom. The fraction of sp³-hybridized carbons (Fsp3) is 0.333. The number of nitrogens with two attached hydrogens (primary N) is 1. The largest absolute Gasteiger partial charge is 0.492 e. The van der Waals surface area contributed by atoms with E-state index in [1.165, 1.54) is 6.33 Å². The summed E-state index contributed by atoms with van der Waals surface area (Å²) < 4.78 is 5.64. The standard InChI is InChI=1S/C15H21N5O/c1-11(2)13-14(18-10-19-15(13)20-16)17-8-9-21-12-6-4-3-5-7-12/h3-7,10-11H,8-9,16H2,1-2H3,(H2,17,18,19,20). The number of rotatable bonds is 7. The molecule has 0 unspecified atom stereocenters. The summed E-state index contributed by atoms with van der Waals surface area (Å²) >= 11 is 0. The van der Waals surface area contributed by atoms with Crippen LogP contribution >= 0.6 is 0 Å². The second-order valence-electron chi connectivity index (χ2n) is 4.87. The number of hydrogen-bond acceptors (Lipinski definition) is 6. The molecule has 0 saturated carbocycles. The van der Waals surface area contributed by atoms with Gasteiger partial charge in [-0.2, -0.15) is 0 Å². The van der Waals surface area contributed by atoms with Crippen molar-refractivity contribution in [2.24, 2.45) is 5.84 Å². The molecular formula is C15H21N5O. The van der Waals surface area contributed by atoms with Gasteiger partial charge in [-0.3, -0.25) is 0 Å². The minimum Gasteiger partial charge on any atom is -0.492 e. The van der Waals surface area contributed by atoms with E-state index in [9.17, 15) is 0 Å². The molecule has 0 aliphatic rings. The number of nitrogens with zero attached hydrogens (tertiary/aromatic N) is 2. The number of benzene rings is 1. The van der Waals surface area contributed by atoms with E-state index in [0.717, 1.165) is 17.1 Å². The molecular weight excluding hydrogens is 266 g/mol. The first-order valence-electron chi connectivity index (χ1n) is 6.95. The van der Waals surface area contributed by atoms with Crippen LogP contribution in [0.2, 0.25) is 0 Å². The number of nitrogens with one attached hydrogen (secondary N) is 2. The van der Waals surface area contributed by atoms with Gasteiger partial charge < -0.3 is 15.5 Å². The quantitative estimate of drug-likeness (QED) is 0.412. The van der Waals surface area contributed by atoms with Crippen molar-refractivity contribution < 1.29 is 4.74 Å². The van der Waals surface area contributed by atoms with Crippen LogP contribution in [-0.4, -0.2) is 23.1 Å². The van der Waals surface area contributed by atoms with Crippen LogP contribution in [0, 0.1) is 0 Å². The first-order chi connectivity index (χ1) is 10.2. The molecule has 112 valence electrons. The van der Waals surface area contributed by atoms with Crippen molar-refractivity contribution in [2.45, 2.75) is 19.8 Å². The molecule has 6 nitrogen and oxygen atoms in total. The van der Waals surface area contributed by atoms with Gasteiger partial charge in [-0.1, -0.05) is 32.0 Å². The summed E-state index contributed by atoms with van der Waals surface area (Å²) in [5, 5.41) is 3.27. The molecule has 0 spiro atoms. The first-order valence-corrected chi connectivity index (χ1v) is 6.95. The number of anilines is 2. The van der Waals surface area contributed by atoms with Crippen LogP contribution in [0.15, 0.2) is 36.7 Å². The Labute approximate surface area is 124 Å². The van der Waals surface area contributed by atoms with Gasteiger partial charge in [0.05, 0.1) is 6.54 Å². The lowest BCUT2D eigenvalue weighted by Crippen LogP contribution is -2.17. The van der Waals surface area contributed by atoms with Crippen LogP contribution < -0.4 is 21.3 Å². The minimum atomic E-state index is 0.259. The zero-order valence-corrected chi connectivity index (χ0v) is 12.3. The molecule has 0 bridgehead atoms. The topological polar surface area (TPSA) is 85.1 Å². The molecule has 0 aliphatic carbocycles. The summed E-state index contributed by atoms with van der Waals surface area (Å²) in [7, 11) is 0. The van der Waals surface area contributed by atoms with Gasteiger partial charge in [-0.25, -0.2) is 15.8 Å². The Balaban J connectivity index is 1.94. The highest BCUT2D eigenvalue weighted by Crippen LogP contribution is 2.27. The van der Waals surface area contributed by atoms with Crippen molar-refractivity contribution in [1.29, 1.82) is 0 Å². The number of para-hydroxylation sites is 1. The highest BCUT2D eigenvalue weighted by molar-refractivity contribution is 5.58. The van der Waals surface area contributed by atoms with Gasteiger partial charge in [0, 0.05) is 5.56 Å². The number of hydrogen-bond donors (Lipinski definition) is 3. The molecule has 6 heteroatoms. The van der Waals surface area contributed by atoms with E-state index in [1.807, 2.05) is 30.3 Å². The monoisotopic (exact) mass is 287 g/mol. The summed E-state index contributed by atoms with van der Waals surface area (Å²) in [6, 6.07) is 9.72. The molecule has 0 aliphatic heterocycles. The van der Waals surface area contributed by atoms with Crippen LogP contribution in [0.5, 0.6) is 5.75 Å². The maximum absolute atomic E-state index is 5.64. The molecule has 1 heterocycles. The Morgan fingerprint density at radius 1 is 1.14 bits per heavy atom. The summed E-state index contributed by atoms with van der Waals surface area (Å²) in [6.07, 6.45) is 1.49. The fourth-order valence-corrected chi connectivity index (χ4v) is 2.05. The molecule has 0 fully saturated rings. The van der Waals surface area contributed by atoms with E-state index < -0.39 is 0 Å². The molecule has 4 N–H and O–H groups in total. The van der Waals surface area contributed by atoms with E-state index >= 15 is 0 Å². The molecule has 1 aromatic carbocycles. The van der Waals surface area contributed by atoms with Gasteiger partial charge in [0.15, 0.2) is 0 Å². The normalized spacial score (nSPS) is 10.5. The molecule has 0 radical (unpaired) electrons. The lowest BCUT2D eigenvalue weighted by atomic mass is 10.0. The summed E-state index contributed by atoms with van der Waals surface area (Å²) in [5.74, 6) is 8.04. The third kappa shape index (κ3) is 4.06. The SMILES string of the molecule is CC(C)c1c(NN)ncnc1NCCOc1ccccc1. The number of nitrogen functional groups attached to an aromatic ring is 1. The van der Waals surface area contributed by atoms with E-state index in [4.69, 9.17) is 10.6 Å². The lowest BCUT2D eigenvalue weighted by Gasteiger charge is -2.16. The summed E-state index contributed by atoms with van der Waals surface area (Å²) in [5.41, 5.74) is 3.58. The van der Waals surface area contributed by atoms with Crippen LogP contribution in [0.1, 0.15) is 25.3 Å². The highest BCUT2D eigenvalue weighted by atomic mass is 16.5. The van der Waals surface area contributed by atoms with E-state index in [-0.39, 0.29) is 5.92 Å². The van der Waals surface area contributed by atoms with Crippen molar-refractivity contribution >= 4 is 11.6 Å². The average Bonchev–Trinajstić information content (AvgIpc) is 2.52. The maximum Gasteiger partial charge on any atom is 0.148 e. The van der Waals surface area contributed by atoms with E-state index in [1.54, 1.807) is 0 Å². The Morgan fingerprint density at radius 3 is 2.52 bits per heavy atom. The van der Waals surface area contributed by atoms with Gasteiger partial charge in [0.1, 0.15) is 30.3 Å². The Kier molecular flexibility index (Phi) is 5.34. The third-order valence-electron chi connectivity index (χ3n) is 3.00. The first kappa shape index (κ1) is 15.1. The average molecular weight is 287 g/mol. The van der Waals surface area contributed by atoms with Gasteiger partial charge in [-0.05, 0) is 18.1 Å². The molecule has 2 aromatic rings. The molecule has 0 amide bonds. The van der Waals surface area contributed by atoms with Crippen molar-refractivity contribution in [3.8, 4) is 5.75 Å². The number of aromatic nitrogens is 2. The third-order valence-corrected chi connectivity index (χ3v) is 3.00. The summed E-state index contributed by atoms with van der Waals surface area (Å²) in [4.78, 5) is 8.42. The van der Waals surface area contributed by atoms with Crippen molar-refractivity contribution in [1.82, 2.24) is 9.97 Å². The smallest absolute Gasteiger partial charge is 0.148 e. The molecule has 1 aromatic heterocycles. The van der Waals surface area contributed by atoms with Crippen molar-refractivity contribution in [3.63, 3.8) is 0 Å². The summed E-state index contributed by atoms with van der Waals surface area (Å²) in [6.45, 7) is 5.35. The van der Waals surface area contributed by atoms with Crippen molar-refractivity contribution in [3.05, 3.63) is 42.2 Å². The van der Waals surface area contributed by atoms with Crippen LogP contribution in [0.4, 0.5) is 11.6 Å². The molecule has 2 rings (SSSR count). The van der Waals surface area contributed by atoms with Gasteiger partial charge in [-0.15, -0.1) is 0 Å². The molecule has 0 saturated heterocycles. The molecule has 0 atom stereocenters. The maximum atomic E-state index is 5.64. The lowest BCUT2D eigenvalue weighted by molar-refractivity contribution is 0.332. The zero-order valence-electron chi connectivity index (χ0n) is 12.3. The Hall–Kier alpha value is -2.34. The predicted molar refractivity (Wildman–Crippen MR) is 84.4 cm³/mol. The fourth-order valence-electron chi connectivity index (χ4n) is 2.05. The molecule has 21 heavy (non-hydrogen) atoms. The highest BCUT2D eigenvalue weighted by Gasteiger charge is 2.13. The predicted octanol–water partition coefficient (Wildman–Crippen LogP) is 2.38. The Bertz CT molecular complexity index is 559. The second kappa shape index (κ2) is 7.44. The van der Waals surface area contributed by atoms with E-state index in [2.05, 4.69) is 34.6 Å². The van der Waals surface area contributed by atoms with Crippen molar-refractivity contribution in [2.75, 3.05) is 23.9 Å². The van der Waals surface area contributed by atoms with Gasteiger partial charge in [0.25, 0.3) is 0 Å². The second-order valence-corrected chi connectivity index (χ2v) is 4.87. The van der Waals surface area contributed by atoms with Gasteiger partial charge >= 0.3 is 0 Å². The number of hydrazine groups is 1.